The standard InChI is InChI=1S/C15H25NO/c1-4-5-11-17-12-10-16-14(3)15-9-7-6-8-13(15)2/h6-9,14,16H,4-5,10-12H2,1-3H3/t14-/m1/s1. The van der Waals surface area contributed by atoms with Gasteiger partial charge in [0, 0.05) is 19.2 Å². The molecule has 0 spiro atoms. The van der Waals surface area contributed by atoms with Crippen LogP contribution in [0.5, 0.6) is 0 Å². The summed E-state index contributed by atoms with van der Waals surface area (Å²) in [4.78, 5) is 0. The molecular formula is C15H25NO. The first-order valence-electron chi connectivity index (χ1n) is 6.62. The van der Waals surface area contributed by atoms with E-state index >= 15 is 0 Å². The number of aryl methyl sites for hydroxylation is 1. The molecule has 1 atom stereocenters. The van der Waals surface area contributed by atoms with Crippen LogP contribution in [0, 0.1) is 6.92 Å². The Hall–Kier alpha value is -0.860. The van der Waals surface area contributed by atoms with Crippen molar-refractivity contribution in [3.8, 4) is 0 Å². The number of unbranched alkanes of at least 4 members (excludes halogenated alkanes) is 1. The van der Waals surface area contributed by atoms with Crippen LogP contribution in [0.1, 0.15) is 43.9 Å². The van der Waals surface area contributed by atoms with Crippen molar-refractivity contribution in [3.63, 3.8) is 0 Å². The smallest absolute Gasteiger partial charge is 0.0591 e. The molecule has 0 bridgehead atoms. The highest BCUT2D eigenvalue weighted by molar-refractivity contribution is 5.28. The van der Waals surface area contributed by atoms with E-state index in [4.69, 9.17) is 4.74 Å². The van der Waals surface area contributed by atoms with Gasteiger partial charge in [0.05, 0.1) is 6.61 Å². The Labute approximate surface area is 105 Å². The topological polar surface area (TPSA) is 21.3 Å². The molecule has 96 valence electrons. The van der Waals surface area contributed by atoms with Crippen LogP contribution in [-0.2, 0) is 4.74 Å². The van der Waals surface area contributed by atoms with Gasteiger partial charge in [0.2, 0.25) is 0 Å². The molecule has 1 rings (SSSR count). The van der Waals surface area contributed by atoms with Crippen LogP contribution in [0.2, 0.25) is 0 Å². The summed E-state index contributed by atoms with van der Waals surface area (Å²) in [6.45, 7) is 9.15. The lowest BCUT2D eigenvalue weighted by atomic mass is 10.0. The second kappa shape index (κ2) is 8.26. The molecule has 1 aromatic carbocycles. The summed E-state index contributed by atoms with van der Waals surface area (Å²) in [6.07, 6.45) is 2.36. The molecule has 0 saturated heterocycles. The minimum absolute atomic E-state index is 0.394. The average Bonchev–Trinajstić information content (AvgIpc) is 2.34. The molecule has 1 aromatic rings. The molecule has 2 heteroatoms. The number of ether oxygens (including phenoxy) is 1. The zero-order chi connectivity index (χ0) is 12.5. The molecule has 0 saturated carbocycles. The molecule has 0 aliphatic heterocycles. The minimum Gasteiger partial charge on any atom is -0.380 e. The Morgan fingerprint density at radius 1 is 1.24 bits per heavy atom. The van der Waals surface area contributed by atoms with Gasteiger partial charge in [0.15, 0.2) is 0 Å². The Bertz CT molecular complexity index is 312. The molecule has 1 N–H and O–H groups in total. The molecule has 0 amide bonds. The van der Waals surface area contributed by atoms with Gasteiger partial charge in [0.25, 0.3) is 0 Å². The summed E-state index contributed by atoms with van der Waals surface area (Å²) in [5, 5.41) is 3.49. The molecule has 0 heterocycles. The van der Waals surface area contributed by atoms with Crippen molar-refractivity contribution in [2.75, 3.05) is 19.8 Å². The summed E-state index contributed by atoms with van der Waals surface area (Å²) in [6, 6.07) is 8.92. The van der Waals surface area contributed by atoms with E-state index in [0.29, 0.717) is 6.04 Å². The lowest BCUT2D eigenvalue weighted by Gasteiger charge is -2.16. The second-order valence-corrected chi connectivity index (χ2v) is 4.50. The van der Waals surface area contributed by atoms with Crippen molar-refractivity contribution >= 4 is 0 Å². The fourth-order valence-electron chi connectivity index (χ4n) is 1.88. The monoisotopic (exact) mass is 235 g/mol. The van der Waals surface area contributed by atoms with Crippen molar-refractivity contribution in [2.24, 2.45) is 0 Å². The van der Waals surface area contributed by atoms with Crippen LogP contribution < -0.4 is 5.32 Å². The predicted molar refractivity (Wildman–Crippen MR) is 73.3 cm³/mol. The van der Waals surface area contributed by atoms with E-state index in [9.17, 15) is 0 Å². The summed E-state index contributed by atoms with van der Waals surface area (Å²) in [5.74, 6) is 0. The first kappa shape index (κ1) is 14.2. The van der Waals surface area contributed by atoms with Crippen molar-refractivity contribution < 1.29 is 4.74 Å². The van der Waals surface area contributed by atoms with Crippen molar-refractivity contribution in [2.45, 2.75) is 39.7 Å². The molecule has 0 aliphatic carbocycles. The van der Waals surface area contributed by atoms with Crippen LogP contribution in [0.4, 0.5) is 0 Å². The third-order valence-electron chi connectivity index (χ3n) is 2.99. The minimum atomic E-state index is 0.394. The summed E-state index contributed by atoms with van der Waals surface area (Å²) in [7, 11) is 0. The van der Waals surface area contributed by atoms with Gasteiger partial charge >= 0.3 is 0 Å². The molecule has 2 nitrogen and oxygen atoms in total. The Balaban J connectivity index is 2.21. The highest BCUT2D eigenvalue weighted by Crippen LogP contribution is 2.15. The maximum atomic E-state index is 5.53. The molecule has 17 heavy (non-hydrogen) atoms. The van der Waals surface area contributed by atoms with E-state index in [2.05, 4.69) is 50.4 Å². The van der Waals surface area contributed by atoms with Gasteiger partial charge in [-0.15, -0.1) is 0 Å². The third kappa shape index (κ3) is 5.33. The number of hydrogen-bond acceptors (Lipinski definition) is 2. The van der Waals surface area contributed by atoms with Gasteiger partial charge in [-0.3, -0.25) is 0 Å². The van der Waals surface area contributed by atoms with Crippen LogP contribution in [-0.4, -0.2) is 19.8 Å². The quantitative estimate of drug-likeness (QED) is 0.697. The Morgan fingerprint density at radius 2 is 2.00 bits per heavy atom. The number of nitrogens with one attached hydrogen (secondary N) is 1. The number of hydrogen-bond donors (Lipinski definition) is 1. The van der Waals surface area contributed by atoms with Crippen LogP contribution in [0.15, 0.2) is 24.3 Å². The fraction of sp³-hybridized carbons (Fsp3) is 0.600. The lowest BCUT2D eigenvalue weighted by Crippen LogP contribution is -2.24. The number of benzene rings is 1. The van der Waals surface area contributed by atoms with Crippen LogP contribution in [0.25, 0.3) is 0 Å². The molecule has 0 aromatic heterocycles. The van der Waals surface area contributed by atoms with E-state index in [-0.39, 0.29) is 0 Å². The van der Waals surface area contributed by atoms with E-state index in [1.54, 1.807) is 0 Å². The molecule has 0 radical (unpaired) electrons. The normalized spacial score (nSPS) is 12.6. The van der Waals surface area contributed by atoms with Gasteiger partial charge in [-0.25, -0.2) is 0 Å². The van der Waals surface area contributed by atoms with E-state index in [1.807, 2.05) is 0 Å². The molecule has 0 fully saturated rings. The maximum absolute atomic E-state index is 5.53. The molecular weight excluding hydrogens is 210 g/mol. The van der Waals surface area contributed by atoms with Crippen LogP contribution in [0.3, 0.4) is 0 Å². The fourth-order valence-corrected chi connectivity index (χ4v) is 1.88. The number of rotatable bonds is 8. The average molecular weight is 235 g/mol. The largest absolute Gasteiger partial charge is 0.380 e. The van der Waals surface area contributed by atoms with Gasteiger partial charge in [0.1, 0.15) is 0 Å². The Morgan fingerprint density at radius 3 is 2.71 bits per heavy atom. The lowest BCUT2D eigenvalue weighted by molar-refractivity contribution is 0.131. The highest BCUT2D eigenvalue weighted by atomic mass is 16.5. The van der Waals surface area contributed by atoms with Gasteiger partial charge in [-0.2, -0.15) is 0 Å². The first-order chi connectivity index (χ1) is 8.25. The predicted octanol–water partition coefficient (Wildman–Crippen LogP) is 3.46. The zero-order valence-electron chi connectivity index (χ0n) is 11.3. The first-order valence-corrected chi connectivity index (χ1v) is 6.62. The summed E-state index contributed by atoms with van der Waals surface area (Å²) < 4.78 is 5.53. The van der Waals surface area contributed by atoms with Crippen molar-refractivity contribution in [1.29, 1.82) is 0 Å². The van der Waals surface area contributed by atoms with Crippen molar-refractivity contribution in [1.82, 2.24) is 5.32 Å². The SMILES string of the molecule is CCCCOCCN[C@H](C)c1ccccc1C. The molecule has 0 unspecified atom stereocenters. The van der Waals surface area contributed by atoms with Crippen molar-refractivity contribution in [3.05, 3.63) is 35.4 Å². The summed E-state index contributed by atoms with van der Waals surface area (Å²) >= 11 is 0. The van der Waals surface area contributed by atoms with Gasteiger partial charge in [-0.05, 0) is 31.4 Å². The zero-order valence-corrected chi connectivity index (χ0v) is 11.3. The van der Waals surface area contributed by atoms with E-state index in [0.717, 1.165) is 26.2 Å². The maximum Gasteiger partial charge on any atom is 0.0591 e. The second-order valence-electron chi connectivity index (χ2n) is 4.50. The van der Waals surface area contributed by atoms with Gasteiger partial charge in [-0.1, -0.05) is 37.6 Å². The Kier molecular flexibility index (Phi) is 6.90. The third-order valence-corrected chi connectivity index (χ3v) is 2.99. The van der Waals surface area contributed by atoms with Crippen LogP contribution >= 0.6 is 0 Å². The van der Waals surface area contributed by atoms with E-state index < -0.39 is 0 Å². The van der Waals surface area contributed by atoms with E-state index in [1.165, 1.54) is 17.5 Å². The highest BCUT2D eigenvalue weighted by Gasteiger charge is 2.05. The summed E-state index contributed by atoms with van der Waals surface area (Å²) in [5.41, 5.74) is 2.72. The van der Waals surface area contributed by atoms with Gasteiger partial charge < -0.3 is 10.1 Å². The molecule has 0 aliphatic rings.